The van der Waals surface area contributed by atoms with Crippen molar-refractivity contribution in [2.45, 2.75) is 41.5 Å². The van der Waals surface area contributed by atoms with Crippen LogP contribution in [0.4, 0.5) is 11.4 Å². The lowest BCUT2D eigenvalue weighted by Gasteiger charge is -2.29. The van der Waals surface area contributed by atoms with Gasteiger partial charge in [0.2, 0.25) is 0 Å². The first-order valence-electron chi connectivity index (χ1n) is 9.80. The van der Waals surface area contributed by atoms with Crippen molar-refractivity contribution in [3.05, 3.63) is 72.2 Å². The molecule has 3 aromatic rings. The van der Waals surface area contributed by atoms with E-state index < -0.39 is 0 Å². The van der Waals surface area contributed by atoms with Crippen LogP contribution in [0.25, 0.3) is 0 Å². The molecule has 0 spiro atoms. The molecule has 0 bridgehead atoms. The molecule has 2 heterocycles. The number of amides is 2. The first kappa shape index (κ1) is 18.1. The van der Waals surface area contributed by atoms with Gasteiger partial charge in [0.05, 0.1) is 17.5 Å². The molecule has 1 aliphatic heterocycles. The standard InChI is InChI=1S/C23H20N2O3S/c26-22(19-9-5-13-28-19)24-15-11-12-21-18(14-15)25(16-6-1-2-7-16)23(27)17-8-3-4-10-20(17)29-21/h3-5,8-14,16H,1-2,6-7H2,(H,24,26). The lowest BCUT2D eigenvalue weighted by atomic mass is 10.1. The Morgan fingerprint density at radius 3 is 2.66 bits per heavy atom. The zero-order valence-corrected chi connectivity index (χ0v) is 16.6. The van der Waals surface area contributed by atoms with Crippen LogP contribution < -0.4 is 10.2 Å². The van der Waals surface area contributed by atoms with E-state index in [0.29, 0.717) is 5.69 Å². The Balaban J connectivity index is 1.56. The van der Waals surface area contributed by atoms with Gasteiger partial charge in [-0.25, -0.2) is 0 Å². The average molecular weight is 404 g/mol. The van der Waals surface area contributed by atoms with Crippen LogP contribution in [0.2, 0.25) is 0 Å². The Labute approximate surface area is 173 Å². The molecule has 0 radical (unpaired) electrons. The summed E-state index contributed by atoms with van der Waals surface area (Å²) >= 11 is 1.60. The molecule has 0 saturated heterocycles. The van der Waals surface area contributed by atoms with Gasteiger partial charge in [-0.05, 0) is 55.3 Å². The third-order valence-electron chi connectivity index (χ3n) is 5.47. The normalized spacial score (nSPS) is 16.3. The molecule has 2 aliphatic rings. The van der Waals surface area contributed by atoms with Gasteiger partial charge in [-0.2, -0.15) is 0 Å². The van der Waals surface area contributed by atoms with Crippen LogP contribution in [0.3, 0.4) is 0 Å². The van der Waals surface area contributed by atoms with Crippen molar-refractivity contribution >= 4 is 35.0 Å². The molecular weight excluding hydrogens is 384 g/mol. The lowest BCUT2D eigenvalue weighted by molar-refractivity contribution is 0.0972. The minimum atomic E-state index is -0.307. The van der Waals surface area contributed by atoms with Gasteiger partial charge < -0.3 is 14.6 Å². The third-order valence-corrected chi connectivity index (χ3v) is 6.61. The van der Waals surface area contributed by atoms with E-state index >= 15 is 0 Å². The summed E-state index contributed by atoms with van der Waals surface area (Å²) in [5, 5.41) is 2.88. The maximum atomic E-state index is 13.5. The number of hydrogen-bond acceptors (Lipinski definition) is 4. The van der Waals surface area contributed by atoms with Crippen LogP contribution in [0, 0.1) is 0 Å². The summed E-state index contributed by atoms with van der Waals surface area (Å²) in [6, 6.07) is 17.0. The molecule has 1 saturated carbocycles. The van der Waals surface area contributed by atoms with Gasteiger partial charge in [0.15, 0.2) is 5.76 Å². The maximum absolute atomic E-state index is 13.5. The topological polar surface area (TPSA) is 62.6 Å². The highest BCUT2D eigenvalue weighted by atomic mass is 32.2. The zero-order chi connectivity index (χ0) is 19.8. The fourth-order valence-corrected chi connectivity index (χ4v) is 5.13. The van der Waals surface area contributed by atoms with Gasteiger partial charge in [-0.15, -0.1) is 0 Å². The van der Waals surface area contributed by atoms with Crippen molar-refractivity contribution in [1.29, 1.82) is 0 Å². The zero-order valence-electron chi connectivity index (χ0n) is 15.8. The molecule has 0 atom stereocenters. The van der Waals surface area contributed by atoms with Crippen molar-refractivity contribution in [2.75, 3.05) is 10.2 Å². The molecule has 2 aromatic carbocycles. The highest BCUT2D eigenvalue weighted by molar-refractivity contribution is 7.99. The molecule has 1 aromatic heterocycles. The first-order chi connectivity index (χ1) is 14.2. The van der Waals surface area contributed by atoms with Crippen LogP contribution in [0.5, 0.6) is 0 Å². The third kappa shape index (κ3) is 3.34. The minimum Gasteiger partial charge on any atom is -0.459 e. The van der Waals surface area contributed by atoms with Crippen LogP contribution in [-0.2, 0) is 0 Å². The second kappa shape index (κ2) is 7.44. The predicted octanol–water partition coefficient (Wildman–Crippen LogP) is 5.59. The number of rotatable bonds is 3. The van der Waals surface area contributed by atoms with Crippen molar-refractivity contribution < 1.29 is 14.0 Å². The number of carbonyl (C=O) groups excluding carboxylic acids is 2. The molecule has 5 nitrogen and oxygen atoms in total. The van der Waals surface area contributed by atoms with Gasteiger partial charge in [-0.1, -0.05) is 36.7 Å². The van der Waals surface area contributed by atoms with Gasteiger partial charge in [-0.3, -0.25) is 9.59 Å². The average Bonchev–Trinajstić information content (AvgIpc) is 3.43. The molecule has 5 rings (SSSR count). The Hall–Kier alpha value is -2.99. The SMILES string of the molecule is O=C(Nc1ccc2c(c1)N(C1CCCC1)C(=O)c1ccccc1S2)c1ccco1. The highest BCUT2D eigenvalue weighted by Crippen LogP contribution is 2.44. The Kier molecular flexibility index (Phi) is 4.64. The molecule has 29 heavy (non-hydrogen) atoms. The Morgan fingerprint density at radius 1 is 1.03 bits per heavy atom. The van der Waals surface area contributed by atoms with Crippen LogP contribution in [0.1, 0.15) is 46.6 Å². The number of nitrogens with one attached hydrogen (secondary N) is 1. The molecule has 1 fully saturated rings. The van der Waals surface area contributed by atoms with E-state index in [-0.39, 0.29) is 23.6 Å². The maximum Gasteiger partial charge on any atom is 0.291 e. The van der Waals surface area contributed by atoms with Gasteiger partial charge in [0.1, 0.15) is 0 Å². The molecule has 6 heteroatoms. The second-order valence-electron chi connectivity index (χ2n) is 7.33. The second-order valence-corrected chi connectivity index (χ2v) is 8.41. The van der Waals surface area contributed by atoms with Crippen LogP contribution in [0.15, 0.2) is 75.1 Å². The summed E-state index contributed by atoms with van der Waals surface area (Å²) in [5.41, 5.74) is 2.25. The van der Waals surface area contributed by atoms with E-state index in [4.69, 9.17) is 4.42 Å². The number of benzene rings is 2. The van der Waals surface area contributed by atoms with Crippen molar-refractivity contribution in [1.82, 2.24) is 0 Å². The number of carbonyl (C=O) groups is 2. The molecule has 0 unspecified atom stereocenters. The summed E-state index contributed by atoms with van der Waals surface area (Å²) in [5.74, 6) is -0.0167. The molecule has 146 valence electrons. The predicted molar refractivity (Wildman–Crippen MR) is 113 cm³/mol. The van der Waals surface area contributed by atoms with Crippen molar-refractivity contribution in [3.8, 4) is 0 Å². The quantitative estimate of drug-likeness (QED) is 0.618. The van der Waals surface area contributed by atoms with E-state index in [0.717, 1.165) is 46.7 Å². The van der Waals surface area contributed by atoms with E-state index in [1.165, 1.54) is 6.26 Å². The first-order valence-corrected chi connectivity index (χ1v) is 10.6. The fraction of sp³-hybridized carbons (Fsp3) is 0.217. The Bertz CT molecular complexity index is 1070. The minimum absolute atomic E-state index is 0.0354. The molecule has 1 aliphatic carbocycles. The van der Waals surface area contributed by atoms with E-state index in [9.17, 15) is 9.59 Å². The number of fused-ring (bicyclic) bond motifs is 2. The largest absolute Gasteiger partial charge is 0.459 e. The summed E-state index contributed by atoms with van der Waals surface area (Å²) in [7, 11) is 0. The van der Waals surface area contributed by atoms with Gasteiger partial charge in [0, 0.05) is 21.5 Å². The molecule has 2 amide bonds. The monoisotopic (exact) mass is 404 g/mol. The molecular formula is C23H20N2O3S. The van der Waals surface area contributed by atoms with Crippen LogP contribution >= 0.6 is 11.8 Å². The van der Waals surface area contributed by atoms with E-state index in [1.54, 1.807) is 23.9 Å². The van der Waals surface area contributed by atoms with Gasteiger partial charge >= 0.3 is 0 Å². The Morgan fingerprint density at radius 2 is 1.86 bits per heavy atom. The molecule has 1 N–H and O–H groups in total. The van der Waals surface area contributed by atoms with E-state index in [2.05, 4.69) is 5.32 Å². The number of hydrogen-bond donors (Lipinski definition) is 1. The number of nitrogens with zero attached hydrogens (tertiary/aromatic N) is 1. The number of furan rings is 1. The highest BCUT2D eigenvalue weighted by Gasteiger charge is 2.34. The van der Waals surface area contributed by atoms with Crippen LogP contribution in [-0.4, -0.2) is 17.9 Å². The van der Waals surface area contributed by atoms with Crippen molar-refractivity contribution in [3.63, 3.8) is 0 Å². The van der Waals surface area contributed by atoms with E-state index in [1.807, 2.05) is 47.4 Å². The fourth-order valence-electron chi connectivity index (χ4n) is 4.09. The number of anilines is 2. The van der Waals surface area contributed by atoms with Gasteiger partial charge in [0.25, 0.3) is 11.8 Å². The smallest absolute Gasteiger partial charge is 0.291 e. The summed E-state index contributed by atoms with van der Waals surface area (Å²) in [6.45, 7) is 0. The lowest BCUT2D eigenvalue weighted by Crippen LogP contribution is -2.39. The van der Waals surface area contributed by atoms with Crippen molar-refractivity contribution in [2.24, 2.45) is 0 Å². The summed E-state index contributed by atoms with van der Waals surface area (Å²) in [6.07, 6.45) is 5.74. The summed E-state index contributed by atoms with van der Waals surface area (Å²) in [4.78, 5) is 29.9. The summed E-state index contributed by atoms with van der Waals surface area (Å²) < 4.78 is 5.18.